The third kappa shape index (κ3) is 3.80. The second-order valence-corrected chi connectivity index (χ2v) is 8.17. The van der Waals surface area contributed by atoms with Crippen LogP contribution in [0.25, 0.3) is 27.9 Å². The van der Waals surface area contributed by atoms with Gasteiger partial charge >= 0.3 is 5.97 Å². The number of carbonyl (C=O) groups is 1. The van der Waals surface area contributed by atoms with Crippen LogP contribution < -0.4 is 5.43 Å². The third-order valence-corrected chi connectivity index (χ3v) is 6.01. The zero-order valence-corrected chi connectivity index (χ0v) is 19.1. The summed E-state index contributed by atoms with van der Waals surface area (Å²) in [6.45, 7) is 0. The summed E-state index contributed by atoms with van der Waals surface area (Å²) in [6.07, 6.45) is 4.24. The van der Waals surface area contributed by atoms with E-state index in [1.165, 1.54) is 30.1 Å². The van der Waals surface area contributed by atoms with Crippen LogP contribution in [0.2, 0.25) is 0 Å². The first-order valence-corrected chi connectivity index (χ1v) is 10.8. The molecule has 12 nitrogen and oxygen atoms in total. The Morgan fingerprint density at radius 3 is 2.59 bits per heavy atom. The minimum atomic E-state index is -1.03. The molecule has 0 saturated carbocycles. The average molecular weight is 505 g/mol. The van der Waals surface area contributed by atoms with Gasteiger partial charge in [0.05, 0.1) is 19.7 Å². The number of fused-ring (bicyclic) bond motifs is 2. The van der Waals surface area contributed by atoms with E-state index in [4.69, 9.17) is 9.15 Å². The molecule has 0 amide bonds. The first-order valence-electron chi connectivity index (χ1n) is 10.8. The van der Waals surface area contributed by atoms with E-state index in [-0.39, 0.29) is 23.1 Å². The number of aromatic nitrogens is 3. The highest BCUT2D eigenvalue weighted by Crippen LogP contribution is 2.45. The van der Waals surface area contributed by atoms with E-state index >= 15 is 0 Å². The van der Waals surface area contributed by atoms with E-state index < -0.39 is 57.2 Å². The highest BCUT2D eigenvalue weighted by atomic mass is 16.5. The molecule has 0 fully saturated rings. The summed E-state index contributed by atoms with van der Waals surface area (Å²) in [7, 11) is 1.19. The van der Waals surface area contributed by atoms with Crippen molar-refractivity contribution in [2.24, 2.45) is 0 Å². The van der Waals surface area contributed by atoms with Gasteiger partial charge in [-0.1, -0.05) is 0 Å². The highest BCUT2D eigenvalue weighted by molar-refractivity contribution is 5.92. The van der Waals surface area contributed by atoms with E-state index in [2.05, 4.69) is 10.1 Å². The zero-order chi connectivity index (χ0) is 26.4. The molecule has 0 aliphatic rings. The van der Waals surface area contributed by atoms with Gasteiger partial charge in [0.15, 0.2) is 22.9 Å². The maximum atomic E-state index is 13.2. The Hall–Kier alpha value is -5.26. The van der Waals surface area contributed by atoms with Crippen molar-refractivity contribution in [3.63, 3.8) is 0 Å². The van der Waals surface area contributed by atoms with Gasteiger partial charge in [0.2, 0.25) is 11.2 Å². The number of hydrogen-bond donors (Lipinski definition) is 5. The van der Waals surface area contributed by atoms with E-state index in [9.17, 15) is 35.1 Å². The van der Waals surface area contributed by atoms with Gasteiger partial charge in [-0.15, -0.1) is 0 Å². The number of carbonyl (C=O) groups excluding carboxylic acids is 1. The van der Waals surface area contributed by atoms with E-state index in [1.807, 2.05) is 0 Å². The predicted octanol–water partition coefficient (Wildman–Crippen LogP) is 2.73. The lowest BCUT2D eigenvalue weighted by Crippen LogP contribution is -2.13. The fourth-order valence-corrected chi connectivity index (χ4v) is 4.25. The summed E-state index contributed by atoms with van der Waals surface area (Å²) in [4.78, 5) is 29.9. The molecule has 2 aromatic carbocycles. The molecule has 188 valence electrons. The first-order chi connectivity index (χ1) is 17.7. The Morgan fingerprint density at radius 1 is 1.08 bits per heavy atom. The summed E-state index contributed by atoms with van der Waals surface area (Å²) < 4.78 is 12.2. The molecule has 0 aliphatic heterocycles. The van der Waals surface area contributed by atoms with Crippen LogP contribution >= 0.6 is 0 Å². The molecule has 0 saturated heterocycles. The number of phenolic OH excluding ortho intramolecular Hbond substituents is 4. The quantitative estimate of drug-likeness (QED) is 0.174. The molecule has 1 unspecified atom stereocenters. The fourth-order valence-electron chi connectivity index (χ4n) is 4.25. The maximum absolute atomic E-state index is 13.2. The molecular formula is C25H19N3O9. The third-order valence-electron chi connectivity index (χ3n) is 6.01. The molecule has 0 bridgehead atoms. The number of ether oxygens (including phenoxy) is 1. The largest absolute Gasteiger partial charge is 0.507 e. The van der Waals surface area contributed by atoms with Crippen LogP contribution in [0.15, 0.2) is 58.1 Å². The number of esters is 1. The van der Waals surface area contributed by atoms with E-state index in [0.717, 1.165) is 18.2 Å². The number of phenols is 4. The van der Waals surface area contributed by atoms with Crippen LogP contribution in [-0.4, -0.2) is 53.2 Å². The second-order valence-electron chi connectivity index (χ2n) is 8.17. The Bertz CT molecular complexity index is 1760. The van der Waals surface area contributed by atoms with Crippen molar-refractivity contribution in [3.05, 3.63) is 70.3 Å². The second kappa shape index (κ2) is 8.75. The van der Waals surface area contributed by atoms with Crippen LogP contribution in [0.1, 0.15) is 23.5 Å². The minimum absolute atomic E-state index is 0.0164. The normalized spacial score (nSPS) is 12.1. The Balaban J connectivity index is 1.87. The number of aromatic hydroxyl groups is 5. The lowest BCUT2D eigenvalue weighted by molar-refractivity contribution is -0.140. The van der Waals surface area contributed by atoms with Crippen molar-refractivity contribution in [1.29, 1.82) is 0 Å². The molecule has 0 aliphatic carbocycles. The molecule has 5 aromatic rings. The Kier molecular flexibility index (Phi) is 5.55. The van der Waals surface area contributed by atoms with Crippen LogP contribution in [0.5, 0.6) is 28.7 Å². The smallest absolute Gasteiger partial charge is 0.306 e. The number of hydrogen-bond acceptors (Lipinski definition) is 11. The zero-order valence-electron chi connectivity index (χ0n) is 19.1. The Morgan fingerprint density at radius 2 is 1.86 bits per heavy atom. The molecule has 1 atom stereocenters. The van der Waals surface area contributed by atoms with Crippen molar-refractivity contribution in [2.45, 2.75) is 12.3 Å². The lowest BCUT2D eigenvalue weighted by atomic mass is 9.87. The highest BCUT2D eigenvalue weighted by Gasteiger charge is 2.31. The molecule has 37 heavy (non-hydrogen) atoms. The van der Waals surface area contributed by atoms with Gasteiger partial charge in [-0.3, -0.25) is 9.59 Å². The molecular weight excluding hydrogens is 486 g/mol. The van der Waals surface area contributed by atoms with Gasteiger partial charge in [-0.25, -0.2) is 9.50 Å². The summed E-state index contributed by atoms with van der Waals surface area (Å²) >= 11 is 0. The first kappa shape index (κ1) is 23.5. The van der Waals surface area contributed by atoms with Gasteiger partial charge in [0, 0.05) is 41.1 Å². The number of rotatable bonds is 5. The lowest BCUT2D eigenvalue weighted by Gasteiger charge is -2.19. The molecule has 12 heteroatoms. The molecule has 3 aromatic heterocycles. The molecule has 5 N–H and O–H groups in total. The minimum Gasteiger partial charge on any atom is -0.507 e. The standard InChI is InChI=1S/C25H19N3O9/c1-36-18(33)8-12(13-10-27-28-6-2-5-26-25(13)28)19-16(31)9-17(32)20-21(34)22(35)23(37-24(19)20)11-3-4-14(29)15(30)7-11/h2-7,9-10,12,29-32,35H,8H2,1H3. The molecule has 0 radical (unpaired) electrons. The number of methoxy groups -OCH3 is 1. The van der Waals surface area contributed by atoms with Crippen molar-refractivity contribution < 1.29 is 39.5 Å². The van der Waals surface area contributed by atoms with Crippen LogP contribution in [0.4, 0.5) is 0 Å². The summed E-state index contributed by atoms with van der Waals surface area (Å²) in [5.74, 6) is -5.14. The summed E-state index contributed by atoms with van der Waals surface area (Å²) in [5, 5.41) is 55.4. The van der Waals surface area contributed by atoms with Crippen LogP contribution in [-0.2, 0) is 9.53 Å². The number of nitrogens with zero attached hydrogens (tertiary/aromatic N) is 3. The van der Waals surface area contributed by atoms with Crippen molar-refractivity contribution in [2.75, 3.05) is 7.11 Å². The van der Waals surface area contributed by atoms with Crippen LogP contribution in [0.3, 0.4) is 0 Å². The Labute approximate surface area is 206 Å². The fraction of sp³-hybridized carbons (Fsp3) is 0.120. The molecule has 3 heterocycles. The van der Waals surface area contributed by atoms with Gasteiger partial charge in [-0.2, -0.15) is 5.10 Å². The average Bonchev–Trinajstić information content (AvgIpc) is 3.30. The van der Waals surface area contributed by atoms with Crippen molar-refractivity contribution in [3.8, 4) is 40.1 Å². The monoisotopic (exact) mass is 505 g/mol. The van der Waals surface area contributed by atoms with Crippen LogP contribution in [0, 0.1) is 0 Å². The van der Waals surface area contributed by atoms with E-state index in [1.54, 1.807) is 12.3 Å². The molecule has 0 spiro atoms. The van der Waals surface area contributed by atoms with Crippen molar-refractivity contribution >= 4 is 22.6 Å². The number of benzene rings is 2. The maximum Gasteiger partial charge on any atom is 0.306 e. The molecule has 5 rings (SSSR count). The van der Waals surface area contributed by atoms with Gasteiger partial charge in [0.25, 0.3) is 0 Å². The van der Waals surface area contributed by atoms with Gasteiger partial charge in [0.1, 0.15) is 22.5 Å². The SMILES string of the molecule is COC(=O)CC(c1c(O)cc(O)c2c(=O)c(O)c(-c3ccc(O)c(O)c3)oc12)c1cnn2cccnc12. The van der Waals surface area contributed by atoms with E-state index in [0.29, 0.717) is 11.2 Å². The topological polar surface area (TPSA) is 188 Å². The van der Waals surface area contributed by atoms with Gasteiger partial charge in [-0.05, 0) is 24.3 Å². The summed E-state index contributed by atoms with van der Waals surface area (Å²) in [6, 6.07) is 6.02. The van der Waals surface area contributed by atoms with Crippen molar-refractivity contribution in [1.82, 2.24) is 14.6 Å². The predicted molar refractivity (Wildman–Crippen MR) is 128 cm³/mol. The summed E-state index contributed by atoms with van der Waals surface area (Å²) in [5.41, 5.74) is -0.679. The van der Waals surface area contributed by atoms with Gasteiger partial charge < -0.3 is 34.7 Å².